The highest BCUT2D eigenvalue weighted by atomic mass is 19.4. The van der Waals surface area contributed by atoms with Crippen molar-refractivity contribution in [2.24, 2.45) is 5.92 Å². The zero-order valence-electron chi connectivity index (χ0n) is 23.5. The summed E-state index contributed by atoms with van der Waals surface area (Å²) < 4.78 is 45.5. The van der Waals surface area contributed by atoms with Gasteiger partial charge in [-0.1, -0.05) is 32.0 Å². The molecule has 0 radical (unpaired) electrons. The van der Waals surface area contributed by atoms with Gasteiger partial charge < -0.3 is 15.2 Å². The van der Waals surface area contributed by atoms with Crippen LogP contribution in [-0.4, -0.2) is 82.6 Å². The van der Waals surface area contributed by atoms with Crippen LogP contribution in [0.3, 0.4) is 0 Å². The molecule has 1 saturated heterocycles. The summed E-state index contributed by atoms with van der Waals surface area (Å²) in [6.45, 7) is 8.07. The minimum atomic E-state index is -4.40. The lowest BCUT2D eigenvalue weighted by molar-refractivity contribution is -0.137. The van der Waals surface area contributed by atoms with Crippen LogP contribution in [0.2, 0.25) is 0 Å². The van der Waals surface area contributed by atoms with Crippen molar-refractivity contribution in [1.29, 1.82) is 0 Å². The number of carbonyl (C=O) groups is 1. The molecule has 3 aromatic rings. The number of hydrogen-bond acceptors (Lipinski definition) is 6. The minimum Gasteiger partial charge on any atom is -0.491 e. The van der Waals surface area contributed by atoms with Gasteiger partial charge in [-0.2, -0.15) is 18.3 Å². The summed E-state index contributed by atoms with van der Waals surface area (Å²) in [7, 11) is 0. The number of piperazine rings is 1. The van der Waals surface area contributed by atoms with Crippen molar-refractivity contribution in [2.75, 3.05) is 45.9 Å². The van der Waals surface area contributed by atoms with Crippen molar-refractivity contribution < 1.29 is 27.8 Å². The summed E-state index contributed by atoms with van der Waals surface area (Å²) in [4.78, 5) is 16.8. The first-order valence-electron chi connectivity index (χ1n) is 13.9. The third-order valence-corrected chi connectivity index (χ3v) is 6.84. The van der Waals surface area contributed by atoms with Crippen molar-refractivity contribution in [3.05, 3.63) is 77.6 Å². The predicted octanol–water partition coefficient (Wildman–Crippen LogP) is 3.76. The number of aromatic nitrogens is 2. The second kappa shape index (κ2) is 14.0. The highest BCUT2D eigenvalue weighted by Gasteiger charge is 2.30. The fraction of sp³-hybridized carbons (Fsp3) is 0.467. The maximum atomic E-state index is 12.7. The van der Waals surface area contributed by atoms with Crippen LogP contribution in [0, 0.1) is 5.92 Å². The molecule has 0 unspecified atom stereocenters. The van der Waals surface area contributed by atoms with Gasteiger partial charge in [0.25, 0.3) is 0 Å². The number of amides is 1. The van der Waals surface area contributed by atoms with Crippen molar-refractivity contribution in [2.45, 2.75) is 39.1 Å². The molecule has 1 amide bonds. The first-order chi connectivity index (χ1) is 19.6. The zero-order chi connectivity index (χ0) is 29.4. The van der Waals surface area contributed by atoms with Gasteiger partial charge in [0.1, 0.15) is 18.5 Å². The lowest BCUT2D eigenvalue weighted by atomic mass is 10.1. The highest BCUT2D eigenvalue weighted by molar-refractivity contribution is 5.78. The van der Waals surface area contributed by atoms with Crippen LogP contribution in [0.1, 0.15) is 30.8 Å². The Bertz CT molecular complexity index is 1240. The van der Waals surface area contributed by atoms with Crippen LogP contribution in [-0.2, 0) is 23.9 Å². The number of hydrogen-bond donors (Lipinski definition) is 2. The molecule has 0 spiro atoms. The SMILES string of the molecule is CC(C)Cc1cc(CNC(=O)CN2CCN(C[C@@H](O)COc3ccc(C(F)(F)F)cc3)CC2)nn1-c1ccccc1. The molecule has 1 aliphatic rings. The second-order valence-electron chi connectivity index (χ2n) is 10.8. The van der Waals surface area contributed by atoms with Crippen LogP contribution in [0.25, 0.3) is 5.69 Å². The first kappa shape index (κ1) is 30.5. The van der Waals surface area contributed by atoms with E-state index in [0.717, 1.165) is 35.6 Å². The normalized spacial score (nSPS) is 15.7. The molecule has 2 aromatic carbocycles. The largest absolute Gasteiger partial charge is 0.491 e. The molecule has 0 aliphatic carbocycles. The van der Waals surface area contributed by atoms with Crippen LogP contribution in [0.4, 0.5) is 13.2 Å². The summed E-state index contributed by atoms with van der Waals surface area (Å²) in [5.74, 6) is 0.682. The smallest absolute Gasteiger partial charge is 0.416 e. The summed E-state index contributed by atoms with van der Waals surface area (Å²) in [6.07, 6.45) is -4.30. The monoisotopic (exact) mass is 573 g/mol. The van der Waals surface area contributed by atoms with Crippen LogP contribution < -0.4 is 10.1 Å². The molecule has 1 fully saturated rings. The molecule has 2 N–H and O–H groups in total. The van der Waals surface area contributed by atoms with Crippen molar-refractivity contribution in [3.63, 3.8) is 0 Å². The average molecular weight is 574 g/mol. The number of nitrogens with one attached hydrogen (secondary N) is 1. The maximum Gasteiger partial charge on any atom is 0.416 e. The summed E-state index contributed by atoms with van der Waals surface area (Å²) in [5, 5.41) is 18.1. The maximum absolute atomic E-state index is 12.7. The van der Waals surface area contributed by atoms with E-state index in [9.17, 15) is 23.1 Å². The molecule has 1 atom stereocenters. The van der Waals surface area contributed by atoms with Gasteiger partial charge in [0.05, 0.1) is 30.0 Å². The Morgan fingerprint density at radius 2 is 1.68 bits per heavy atom. The Morgan fingerprint density at radius 3 is 2.32 bits per heavy atom. The second-order valence-corrected chi connectivity index (χ2v) is 10.8. The number of aliphatic hydroxyl groups is 1. The number of halogens is 3. The number of β-amino-alcohol motifs (C(OH)–C–C–N with tert-alkyl or cyclic N) is 1. The van der Waals surface area contributed by atoms with Gasteiger partial charge in [-0.25, -0.2) is 4.68 Å². The summed E-state index contributed by atoms with van der Waals surface area (Å²) >= 11 is 0. The number of aliphatic hydroxyl groups excluding tert-OH is 1. The quantitative estimate of drug-likeness (QED) is 0.344. The molecule has 1 aromatic heterocycles. The van der Waals surface area contributed by atoms with Gasteiger partial charge in [0, 0.05) is 38.4 Å². The van der Waals surface area contributed by atoms with E-state index in [-0.39, 0.29) is 24.8 Å². The minimum absolute atomic E-state index is 0.0209. The first-order valence-corrected chi connectivity index (χ1v) is 13.9. The molecule has 0 bridgehead atoms. The van der Waals surface area contributed by atoms with Gasteiger partial charge in [0.2, 0.25) is 5.91 Å². The Morgan fingerprint density at radius 1 is 1.02 bits per heavy atom. The van der Waals surface area contributed by atoms with Crippen LogP contribution >= 0.6 is 0 Å². The Labute approximate surface area is 238 Å². The van der Waals surface area contributed by atoms with Crippen LogP contribution in [0.15, 0.2) is 60.7 Å². The van der Waals surface area contributed by atoms with E-state index in [0.29, 0.717) is 45.2 Å². The molecule has 222 valence electrons. The fourth-order valence-corrected chi connectivity index (χ4v) is 4.78. The number of benzene rings is 2. The topological polar surface area (TPSA) is 82.9 Å². The molecule has 41 heavy (non-hydrogen) atoms. The standard InChI is InChI=1S/C30H38F3N5O3/c1-22(2)16-26-17-24(35-38(26)25-6-4-3-5-7-25)18-34-29(40)20-37-14-12-36(13-15-37)19-27(39)21-41-28-10-8-23(9-11-28)30(31,32)33/h3-11,17,22,27,39H,12-16,18-21H2,1-2H3,(H,34,40)/t27-/m1/s1. The summed E-state index contributed by atoms with van der Waals surface area (Å²) in [5.41, 5.74) is 2.18. The number of para-hydroxylation sites is 1. The highest BCUT2D eigenvalue weighted by Crippen LogP contribution is 2.30. The third kappa shape index (κ3) is 9.31. The zero-order valence-corrected chi connectivity index (χ0v) is 23.5. The predicted molar refractivity (Wildman–Crippen MR) is 150 cm³/mol. The van der Waals surface area contributed by atoms with Crippen molar-refractivity contribution >= 4 is 5.91 Å². The molecule has 11 heteroatoms. The number of carbonyl (C=O) groups excluding carboxylic acids is 1. The Hall–Kier alpha value is -3.41. The van der Waals surface area contributed by atoms with E-state index in [1.807, 2.05) is 35.0 Å². The van der Waals surface area contributed by atoms with Gasteiger partial charge >= 0.3 is 6.18 Å². The van der Waals surface area contributed by atoms with E-state index >= 15 is 0 Å². The van der Waals surface area contributed by atoms with E-state index in [1.54, 1.807) is 0 Å². The van der Waals surface area contributed by atoms with E-state index in [2.05, 4.69) is 35.0 Å². The third-order valence-electron chi connectivity index (χ3n) is 6.84. The lowest BCUT2D eigenvalue weighted by Gasteiger charge is -2.35. The van der Waals surface area contributed by atoms with Crippen molar-refractivity contribution in [3.8, 4) is 11.4 Å². The molecular formula is C30H38F3N5O3. The van der Waals surface area contributed by atoms with E-state index < -0.39 is 17.8 Å². The van der Waals surface area contributed by atoms with Crippen LogP contribution in [0.5, 0.6) is 5.75 Å². The Kier molecular flexibility index (Phi) is 10.4. The average Bonchev–Trinajstić information content (AvgIpc) is 3.34. The molecule has 8 nitrogen and oxygen atoms in total. The van der Waals surface area contributed by atoms with Gasteiger partial charge in [0.15, 0.2) is 0 Å². The number of rotatable bonds is 12. The number of alkyl halides is 3. The molecule has 4 rings (SSSR count). The van der Waals surface area contributed by atoms with Crippen molar-refractivity contribution in [1.82, 2.24) is 24.9 Å². The number of nitrogens with zero attached hydrogens (tertiary/aromatic N) is 4. The number of ether oxygens (including phenoxy) is 1. The summed E-state index contributed by atoms with van der Waals surface area (Å²) in [6, 6.07) is 16.4. The van der Waals surface area contributed by atoms with Gasteiger partial charge in [-0.15, -0.1) is 0 Å². The molecule has 1 aliphatic heterocycles. The lowest BCUT2D eigenvalue weighted by Crippen LogP contribution is -2.51. The molecule has 0 saturated carbocycles. The van der Waals surface area contributed by atoms with E-state index in [1.165, 1.54) is 12.1 Å². The molecular weight excluding hydrogens is 535 g/mol. The van der Waals surface area contributed by atoms with E-state index in [4.69, 9.17) is 9.84 Å². The van der Waals surface area contributed by atoms with Gasteiger partial charge in [-0.3, -0.25) is 14.6 Å². The van der Waals surface area contributed by atoms with Gasteiger partial charge in [-0.05, 0) is 54.8 Å². The molecule has 2 heterocycles. The Balaban J connectivity index is 1.17. The fourth-order valence-electron chi connectivity index (χ4n) is 4.78.